The number of esters is 1. The van der Waals surface area contributed by atoms with Gasteiger partial charge in [0.1, 0.15) is 0 Å². The zero-order chi connectivity index (χ0) is 12.7. The minimum atomic E-state index is -0.646. The molecule has 0 N–H and O–H groups in total. The van der Waals surface area contributed by atoms with Crippen molar-refractivity contribution in [2.45, 2.75) is 58.3 Å². The van der Waals surface area contributed by atoms with Gasteiger partial charge in [0.15, 0.2) is 0 Å². The quantitative estimate of drug-likeness (QED) is 0.618. The standard InChI is InChI=1S/C15H20O3/c1-8-5-4-6-10-7-15-11(9(2)13(16)18-15)12(17-15)14(8,10)3/h8,10,12H,4-7H2,1-3H3/t8-,10+,12-,14+,15+/m0/s1. The zero-order valence-corrected chi connectivity index (χ0v) is 11.3. The van der Waals surface area contributed by atoms with Crippen LogP contribution in [0.25, 0.3) is 0 Å². The SMILES string of the molecule is CC1=C2[C@@H]3O[C@]2(C[C@H]2CCC[C@H](C)[C@]23C)OC1=O. The van der Waals surface area contributed by atoms with E-state index in [2.05, 4.69) is 13.8 Å². The van der Waals surface area contributed by atoms with Gasteiger partial charge in [0.05, 0.1) is 6.10 Å². The molecule has 2 saturated heterocycles. The van der Waals surface area contributed by atoms with Gasteiger partial charge in [-0.2, -0.15) is 0 Å². The smallest absolute Gasteiger partial charge is 0.336 e. The maximum Gasteiger partial charge on any atom is 0.336 e. The van der Waals surface area contributed by atoms with Crippen molar-refractivity contribution < 1.29 is 14.3 Å². The number of fused-ring (bicyclic) bond motifs is 4. The Bertz CT molecular complexity index is 480. The summed E-state index contributed by atoms with van der Waals surface area (Å²) in [5, 5.41) is 0. The lowest BCUT2D eigenvalue weighted by atomic mass is 9.50. The molecule has 1 aliphatic carbocycles. The molecule has 3 nitrogen and oxygen atoms in total. The van der Waals surface area contributed by atoms with Crippen molar-refractivity contribution in [3.63, 3.8) is 0 Å². The van der Waals surface area contributed by atoms with Crippen molar-refractivity contribution in [2.75, 3.05) is 0 Å². The molecule has 5 atom stereocenters. The van der Waals surface area contributed by atoms with E-state index in [1.165, 1.54) is 24.8 Å². The van der Waals surface area contributed by atoms with Gasteiger partial charge in [0.25, 0.3) is 0 Å². The van der Waals surface area contributed by atoms with Crippen molar-refractivity contribution >= 4 is 5.97 Å². The van der Waals surface area contributed by atoms with Crippen molar-refractivity contribution in [1.82, 2.24) is 0 Å². The number of carbonyl (C=O) groups is 1. The Morgan fingerprint density at radius 1 is 1.33 bits per heavy atom. The van der Waals surface area contributed by atoms with E-state index in [-0.39, 0.29) is 17.5 Å². The summed E-state index contributed by atoms with van der Waals surface area (Å²) >= 11 is 0. The van der Waals surface area contributed by atoms with Crippen LogP contribution in [0.5, 0.6) is 0 Å². The highest BCUT2D eigenvalue weighted by Crippen LogP contribution is 2.67. The lowest BCUT2D eigenvalue weighted by Gasteiger charge is -2.65. The summed E-state index contributed by atoms with van der Waals surface area (Å²) in [7, 11) is 0. The average molecular weight is 248 g/mol. The largest absolute Gasteiger partial charge is 0.425 e. The molecule has 3 heterocycles. The van der Waals surface area contributed by atoms with E-state index in [1.807, 2.05) is 6.92 Å². The maximum atomic E-state index is 11.8. The number of hydrogen-bond donors (Lipinski definition) is 0. The predicted molar refractivity (Wildman–Crippen MR) is 65.6 cm³/mol. The summed E-state index contributed by atoms with van der Waals surface area (Å²) < 4.78 is 11.6. The van der Waals surface area contributed by atoms with Crippen LogP contribution in [-0.4, -0.2) is 17.9 Å². The maximum absolute atomic E-state index is 11.8. The van der Waals surface area contributed by atoms with Gasteiger partial charge in [-0.1, -0.05) is 26.7 Å². The van der Waals surface area contributed by atoms with Crippen LogP contribution in [0.15, 0.2) is 11.1 Å². The molecule has 0 aromatic rings. The van der Waals surface area contributed by atoms with Gasteiger partial charge in [-0.25, -0.2) is 4.79 Å². The first-order valence-corrected chi connectivity index (χ1v) is 7.11. The Hall–Kier alpha value is -0.830. The Balaban J connectivity index is 1.83. The number of hydrogen-bond acceptors (Lipinski definition) is 3. The summed E-state index contributed by atoms with van der Waals surface area (Å²) in [5.74, 6) is 0.493. The Labute approximate surface area is 108 Å². The summed E-state index contributed by atoms with van der Waals surface area (Å²) in [5.41, 5.74) is 2.17. The lowest BCUT2D eigenvalue weighted by Crippen LogP contribution is -2.69. The molecule has 1 saturated carbocycles. The summed E-state index contributed by atoms with van der Waals surface area (Å²) in [4.78, 5) is 11.8. The number of carbonyl (C=O) groups excluding carboxylic acids is 1. The van der Waals surface area contributed by atoms with Crippen LogP contribution in [0.4, 0.5) is 0 Å². The van der Waals surface area contributed by atoms with Crippen LogP contribution in [0, 0.1) is 17.3 Å². The van der Waals surface area contributed by atoms with Crippen LogP contribution in [0.3, 0.4) is 0 Å². The van der Waals surface area contributed by atoms with Gasteiger partial charge in [0, 0.05) is 23.0 Å². The second-order valence-electron chi connectivity index (χ2n) is 6.78. The monoisotopic (exact) mass is 248 g/mol. The van der Waals surface area contributed by atoms with Gasteiger partial charge >= 0.3 is 5.97 Å². The molecule has 0 aromatic heterocycles. The summed E-state index contributed by atoms with van der Waals surface area (Å²) in [6, 6.07) is 0. The first-order valence-electron chi connectivity index (χ1n) is 7.11. The average Bonchev–Trinajstić information content (AvgIpc) is 2.47. The van der Waals surface area contributed by atoms with E-state index >= 15 is 0 Å². The second kappa shape index (κ2) is 3.01. The number of ether oxygens (including phenoxy) is 2. The van der Waals surface area contributed by atoms with E-state index < -0.39 is 5.79 Å². The summed E-state index contributed by atoms with van der Waals surface area (Å²) in [6.45, 7) is 6.60. The molecule has 4 aliphatic rings. The van der Waals surface area contributed by atoms with Crippen LogP contribution < -0.4 is 0 Å². The molecule has 18 heavy (non-hydrogen) atoms. The van der Waals surface area contributed by atoms with Crippen LogP contribution in [-0.2, 0) is 14.3 Å². The minimum Gasteiger partial charge on any atom is -0.425 e. The highest BCUT2D eigenvalue weighted by atomic mass is 16.7. The van der Waals surface area contributed by atoms with Gasteiger partial charge in [0.2, 0.25) is 5.79 Å². The summed E-state index contributed by atoms with van der Waals surface area (Å²) in [6.07, 6.45) is 4.84. The molecular formula is C15H20O3. The van der Waals surface area contributed by atoms with E-state index in [4.69, 9.17) is 9.47 Å². The molecular weight excluding hydrogens is 228 g/mol. The van der Waals surface area contributed by atoms with Gasteiger partial charge in [-0.15, -0.1) is 0 Å². The molecule has 0 aromatic carbocycles. The Morgan fingerprint density at radius 3 is 2.89 bits per heavy atom. The van der Waals surface area contributed by atoms with E-state index in [9.17, 15) is 4.79 Å². The molecule has 3 heteroatoms. The molecule has 98 valence electrons. The third kappa shape index (κ3) is 0.965. The topological polar surface area (TPSA) is 35.5 Å². The minimum absolute atomic E-state index is 0.123. The number of rotatable bonds is 0. The van der Waals surface area contributed by atoms with Crippen molar-refractivity contribution in [2.24, 2.45) is 17.3 Å². The van der Waals surface area contributed by atoms with Crippen molar-refractivity contribution in [3.8, 4) is 0 Å². The predicted octanol–water partition coefficient (Wildman–Crippen LogP) is 2.80. The molecule has 0 unspecified atom stereocenters. The van der Waals surface area contributed by atoms with Crippen LogP contribution in [0.1, 0.15) is 46.5 Å². The van der Waals surface area contributed by atoms with Crippen molar-refractivity contribution in [3.05, 3.63) is 11.1 Å². The molecule has 3 aliphatic heterocycles. The third-order valence-electron chi connectivity index (χ3n) is 6.16. The van der Waals surface area contributed by atoms with E-state index in [1.54, 1.807) is 0 Å². The Morgan fingerprint density at radius 2 is 2.11 bits per heavy atom. The first-order chi connectivity index (χ1) is 8.49. The molecule has 3 fully saturated rings. The first kappa shape index (κ1) is 11.0. The van der Waals surface area contributed by atoms with Crippen molar-refractivity contribution in [1.29, 1.82) is 0 Å². The third-order valence-corrected chi connectivity index (χ3v) is 6.16. The second-order valence-corrected chi connectivity index (χ2v) is 6.78. The molecule has 4 rings (SSSR count). The van der Waals surface area contributed by atoms with Gasteiger partial charge < -0.3 is 9.47 Å². The molecule has 1 spiro atoms. The molecule has 0 radical (unpaired) electrons. The molecule has 0 amide bonds. The van der Waals surface area contributed by atoms with Crippen LogP contribution in [0.2, 0.25) is 0 Å². The fourth-order valence-electron chi connectivity index (χ4n) is 4.80. The fraction of sp³-hybridized carbons (Fsp3) is 0.800. The fourth-order valence-corrected chi connectivity index (χ4v) is 4.80. The lowest BCUT2D eigenvalue weighted by molar-refractivity contribution is -0.345. The van der Waals surface area contributed by atoms with E-state index in [0.717, 1.165) is 12.0 Å². The highest BCUT2D eigenvalue weighted by Gasteiger charge is 2.72. The Kier molecular flexibility index (Phi) is 1.84. The van der Waals surface area contributed by atoms with Crippen LogP contribution >= 0.6 is 0 Å². The zero-order valence-electron chi connectivity index (χ0n) is 11.3. The van der Waals surface area contributed by atoms with Gasteiger partial charge in [-0.3, -0.25) is 0 Å². The normalized spacial score (nSPS) is 53.5. The molecule has 2 bridgehead atoms. The van der Waals surface area contributed by atoms with Gasteiger partial charge in [-0.05, 0) is 25.2 Å². The van der Waals surface area contributed by atoms with E-state index in [0.29, 0.717) is 11.8 Å². The highest BCUT2D eigenvalue weighted by molar-refractivity contribution is 5.93.